The van der Waals surface area contributed by atoms with Gasteiger partial charge in [0.1, 0.15) is 11.6 Å². The number of nitrogens with one attached hydrogen (secondary N) is 2. The summed E-state index contributed by atoms with van der Waals surface area (Å²) in [7, 11) is 5.78. The summed E-state index contributed by atoms with van der Waals surface area (Å²) in [4.78, 5) is 28.8. The van der Waals surface area contributed by atoms with Crippen LogP contribution < -0.4 is 10.2 Å². The first-order valence-corrected chi connectivity index (χ1v) is 11.9. The van der Waals surface area contributed by atoms with Crippen molar-refractivity contribution in [3.63, 3.8) is 0 Å². The fraction of sp³-hybridized carbons (Fsp3) is 0.280. The third-order valence-corrected chi connectivity index (χ3v) is 6.79. The summed E-state index contributed by atoms with van der Waals surface area (Å²) in [6.07, 6.45) is 3.42. The number of nitrogens with zero attached hydrogens (tertiary/aromatic N) is 5. The van der Waals surface area contributed by atoms with Crippen LogP contribution in [0.2, 0.25) is 0 Å². The lowest BCUT2D eigenvalue weighted by Crippen LogP contribution is -2.44. The maximum absolute atomic E-state index is 12.9. The second kappa shape index (κ2) is 10.2. The van der Waals surface area contributed by atoms with E-state index in [4.69, 9.17) is 5.41 Å². The third-order valence-electron chi connectivity index (χ3n) is 5.75. The maximum atomic E-state index is 12.9. The Bertz CT molecular complexity index is 1240. The number of benzene rings is 1. The second-order valence-corrected chi connectivity index (χ2v) is 9.59. The lowest BCUT2D eigenvalue weighted by molar-refractivity contribution is 0.102. The van der Waals surface area contributed by atoms with Crippen LogP contribution in [0.1, 0.15) is 17.3 Å². The number of carbonyl (C=O) groups is 1. The average molecular weight is 478 g/mol. The van der Waals surface area contributed by atoms with Gasteiger partial charge in [0.05, 0.1) is 0 Å². The quantitative estimate of drug-likeness (QED) is 0.423. The minimum atomic E-state index is -0.222. The number of hydrogen-bond acceptors (Lipinski definition) is 7. The first-order chi connectivity index (χ1) is 16.3. The number of pyridine rings is 2. The van der Waals surface area contributed by atoms with E-state index in [1.165, 1.54) is 11.8 Å². The van der Waals surface area contributed by atoms with Crippen molar-refractivity contribution in [3.8, 4) is 0 Å². The van der Waals surface area contributed by atoms with Gasteiger partial charge >= 0.3 is 0 Å². The monoisotopic (exact) mass is 477 g/mol. The average Bonchev–Trinajstić information content (AvgIpc) is 2.84. The molecule has 1 fully saturated rings. The van der Waals surface area contributed by atoms with E-state index in [0.29, 0.717) is 16.5 Å². The minimum Gasteiger partial charge on any atom is -0.358 e. The molecule has 0 bridgehead atoms. The topological polar surface area (TPSA) is 88.5 Å². The fourth-order valence-electron chi connectivity index (χ4n) is 3.61. The van der Waals surface area contributed by atoms with E-state index in [-0.39, 0.29) is 7.33 Å². The molecule has 34 heavy (non-hydrogen) atoms. The molecule has 9 heteroatoms. The zero-order valence-corrected chi connectivity index (χ0v) is 20.5. The highest BCUT2D eigenvalue weighted by molar-refractivity contribution is 8.21. The Kier molecular flexibility index (Phi) is 7.14. The number of anilines is 2. The molecule has 0 unspecified atom stereocenters. The van der Waals surface area contributed by atoms with Crippen LogP contribution in [0.4, 0.5) is 11.6 Å². The van der Waals surface area contributed by atoms with E-state index in [0.717, 1.165) is 53.2 Å². The summed E-state index contributed by atoms with van der Waals surface area (Å²) in [6.45, 7) is 7.84. The lowest BCUT2D eigenvalue weighted by Gasteiger charge is -2.33. The molecule has 2 N–H and O–H groups in total. The van der Waals surface area contributed by atoms with E-state index in [2.05, 4.69) is 38.7 Å². The molecule has 1 saturated heterocycles. The molecule has 1 amide bonds. The first-order valence-electron chi connectivity index (χ1n) is 11.0. The van der Waals surface area contributed by atoms with Crippen molar-refractivity contribution in [1.29, 1.82) is 5.41 Å². The van der Waals surface area contributed by atoms with Gasteiger partial charge in [-0.2, -0.15) is 0 Å². The zero-order valence-electron chi connectivity index (χ0n) is 19.7. The Balaban J connectivity index is 0.00000342. The molecule has 0 radical (unpaired) electrons. The molecule has 4 rings (SSSR count). The molecule has 178 valence electrons. The van der Waals surface area contributed by atoms with E-state index >= 15 is 0 Å². The predicted molar refractivity (Wildman–Crippen MR) is 144 cm³/mol. The number of likely N-dealkylation sites (N-methyl/N-ethyl adjacent to an activating group) is 1. The van der Waals surface area contributed by atoms with Gasteiger partial charge in [-0.15, -0.1) is 0 Å². The molecule has 1 aliphatic heterocycles. The Morgan fingerprint density at radius 2 is 1.85 bits per heavy atom. The molecule has 0 spiro atoms. The van der Waals surface area contributed by atoms with Crippen LogP contribution in [0, 0.1) is 5.41 Å². The van der Waals surface area contributed by atoms with E-state index in [9.17, 15) is 4.79 Å². The van der Waals surface area contributed by atoms with Crippen molar-refractivity contribution in [2.45, 2.75) is 0 Å². The van der Waals surface area contributed by atoms with E-state index in [1.807, 2.05) is 44.4 Å². The van der Waals surface area contributed by atoms with E-state index < -0.39 is 0 Å². The van der Waals surface area contributed by atoms with Gasteiger partial charge in [-0.1, -0.05) is 30.5 Å². The van der Waals surface area contributed by atoms with Crippen molar-refractivity contribution in [1.82, 2.24) is 19.8 Å². The fourth-order valence-corrected chi connectivity index (χ4v) is 4.27. The number of carbonyl (C=O) groups excluding carboxylic acids is 1. The van der Waals surface area contributed by atoms with E-state index in [1.54, 1.807) is 23.4 Å². The molecule has 1 aliphatic rings. The summed E-state index contributed by atoms with van der Waals surface area (Å²) in [5, 5.41) is 13.3. The molecule has 3 aromatic rings. The third kappa shape index (κ3) is 5.55. The normalized spacial score (nSPS) is 14.1. The lowest BCUT2D eigenvalue weighted by atomic mass is 10.1. The Labute approximate surface area is 205 Å². The first kappa shape index (κ1) is 23.7. The van der Waals surface area contributed by atoms with Gasteiger partial charge in [-0.05, 0) is 42.3 Å². The van der Waals surface area contributed by atoms with Crippen molar-refractivity contribution >= 4 is 50.2 Å². The standard InChI is InChI=1S/C25H29N7OS.H2/c1-17(34-25(26)30(2)3)18-5-6-20-16-28-22(14-21(20)13-18)29-24(33)19-7-8-27-23(15-19)32-11-9-31(4)10-12-32;/h5-8,13-16,26H,1,9-12H2,2-4H3,(H,28,29,33);1H. The van der Waals surface area contributed by atoms with Gasteiger partial charge in [-0.25, -0.2) is 9.97 Å². The highest BCUT2D eigenvalue weighted by atomic mass is 32.2. The van der Waals surface area contributed by atoms with Crippen molar-refractivity contribution < 1.29 is 6.22 Å². The van der Waals surface area contributed by atoms with Crippen molar-refractivity contribution in [2.24, 2.45) is 0 Å². The SMILES string of the molecule is C=C(SC(=N)N(C)C)c1ccc2cnc(NC(=O)c3ccnc(N4CCN(C)CC4)c3)cc2c1.[HH]. The highest BCUT2D eigenvalue weighted by Gasteiger charge is 2.17. The van der Waals surface area contributed by atoms with Crippen LogP contribution in [0.5, 0.6) is 0 Å². The molecular formula is C25H31N7OS. The number of amides is 1. The minimum absolute atomic E-state index is 0. The van der Waals surface area contributed by atoms with Crippen LogP contribution in [0.15, 0.2) is 55.4 Å². The van der Waals surface area contributed by atoms with Gasteiger partial charge < -0.3 is 20.0 Å². The smallest absolute Gasteiger partial charge is 0.257 e. The summed E-state index contributed by atoms with van der Waals surface area (Å²) in [6, 6.07) is 11.4. The number of hydrogen-bond donors (Lipinski definition) is 2. The summed E-state index contributed by atoms with van der Waals surface area (Å²) >= 11 is 1.31. The van der Waals surface area contributed by atoms with Crippen molar-refractivity contribution in [2.75, 3.05) is 57.5 Å². The molecular weight excluding hydrogens is 446 g/mol. The number of fused-ring (bicyclic) bond motifs is 1. The Hall–Kier alpha value is -3.43. The number of piperazine rings is 1. The molecule has 0 aliphatic carbocycles. The second-order valence-electron chi connectivity index (χ2n) is 8.50. The molecule has 0 atom stereocenters. The predicted octanol–water partition coefficient (Wildman–Crippen LogP) is 4.08. The molecule has 1 aromatic carbocycles. The Morgan fingerprint density at radius 1 is 1.09 bits per heavy atom. The number of amidine groups is 1. The number of rotatable bonds is 5. The largest absolute Gasteiger partial charge is 0.358 e. The molecule has 2 aromatic heterocycles. The Morgan fingerprint density at radius 3 is 2.59 bits per heavy atom. The van der Waals surface area contributed by atoms with Crippen LogP contribution in [0.3, 0.4) is 0 Å². The highest BCUT2D eigenvalue weighted by Crippen LogP contribution is 2.30. The van der Waals surface area contributed by atoms with Crippen LogP contribution >= 0.6 is 11.8 Å². The number of aromatic nitrogens is 2. The molecule has 0 saturated carbocycles. The number of thioether (sulfide) groups is 1. The maximum Gasteiger partial charge on any atom is 0.257 e. The summed E-state index contributed by atoms with van der Waals surface area (Å²) in [5.41, 5.74) is 1.48. The summed E-state index contributed by atoms with van der Waals surface area (Å²) < 4.78 is 0. The van der Waals surface area contributed by atoms with Crippen LogP contribution in [-0.2, 0) is 0 Å². The van der Waals surface area contributed by atoms with Gasteiger partial charge in [0, 0.05) is 69.9 Å². The molecule has 8 nitrogen and oxygen atoms in total. The van der Waals surface area contributed by atoms with Gasteiger partial charge in [0.15, 0.2) is 5.17 Å². The zero-order chi connectivity index (χ0) is 24.2. The van der Waals surface area contributed by atoms with Gasteiger partial charge in [-0.3, -0.25) is 10.2 Å². The van der Waals surface area contributed by atoms with Crippen molar-refractivity contribution in [3.05, 3.63) is 66.5 Å². The summed E-state index contributed by atoms with van der Waals surface area (Å²) in [5.74, 6) is 1.07. The van der Waals surface area contributed by atoms with Crippen LogP contribution in [-0.4, -0.2) is 78.2 Å². The van der Waals surface area contributed by atoms with Crippen LogP contribution in [0.25, 0.3) is 15.7 Å². The molecule has 3 heterocycles. The van der Waals surface area contributed by atoms with Gasteiger partial charge in [0.25, 0.3) is 5.91 Å². The van der Waals surface area contributed by atoms with Gasteiger partial charge in [0.2, 0.25) is 0 Å².